The van der Waals surface area contributed by atoms with Crippen molar-refractivity contribution in [1.29, 1.82) is 0 Å². The molecule has 1 unspecified atom stereocenters. The number of anilines is 1. The minimum atomic E-state index is -0.233. The molecular formula is C19H29N5O2S. The molecule has 27 heavy (non-hydrogen) atoms. The third kappa shape index (κ3) is 5.28. The summed E-state index contributed by atoms with van der Waals surface area (Å²) < 4.78 is 7.59. The Kier molecular flexibility index (Phi) is 6.82. The molecule has 1 atom stereocenters. The third-order valence-corrected chi connectivity index (χ3v) is 5.73. The highest BCUT2D eigenvalue weighted by atomic mass is 32.2. The minimum Gasteiger partial charge on any atom is -0.467 e. The van der Waals surface area contributed by atoms with Crippen LogP contribution >= 0.6 is 11.8 Å². The van der Waals surface area contributed by atoms with Crippen molar-refractivity contribution in [2.75, 3.05) is 24.5 Å². The van der Waals surface area contributed by atoms with Gasteiger partial charge in [0.05, 0.1) is 18.1 Å². The topological polar surface area (TPSA) is 76.2 Å². The molecule has 7 nitrogen and oxygen atoms in total. The van der Waals surface area contributed by atoms with Crippen LogP contribution in [0.3, 0.4) is 0 Å². The predicted octanol–water partition coefficient (Wildman–Crippen LogP) is 3.16. The van der Waals surface area contributed by atoms with Gasteiger partial charge in [0.15, 0.2) is 5.16 Å². The van der Waals surface area contributed by atoms with Crippen molar-refractivity contribution < 1.29 is 9.21 Å². The van der Waals surface area contributed by atoms with Gasteiger partial charge in [0.2, 0.25) is 11.9 Å². The van der Waals surface area contributed by atoms with Crippen LogP contribution in [0.25, 0.3) is 0 Å². The van der Waals surface area contributed by atoms with Crippen molar-refractivity contribution in [1.82, 2.24) is 20.1 Å². The van der Waals surface area contributed by atoms with E-state index < -0.39 is 0 Å². The fourth-order valence-corrected chi connectivity index (χ4v) is 3.92. The zero-order valence-corrected chi connectivity index (χ0v) is 17.2. The predicted molar refractivity (Wildman–Crippen MR) is 107 cm³/mol. The highest BCUT2D eigenvalue weighted by Gasteiger charge is 2.24. The van der Waals surface area contributed by atoms with E-state index in [0.717, 1.165) is 36.4 Å². The maximum absolute atomic E-state index is 12.4. The van der Waals surface area contributed by atoms with Crippen molar-refractivity contribution >= 4 is 23.6 Å². The first-order valence-corrected chi connectivity index (χ1v) is 10.6. The number of carbonyl (C=O) groups excluding carboxylic acids is 1. The highest BCUT2D eigenvalue weighted by Crippen LogP contribution is 2.28. The Hall–Kier alpha value is -1.96. The second-order valence-electron chi connectivity index (χ2n) is 7.38. The summed E-state index contributed by atoms with van der Waals surface area (Å²) in [6.45, 7) is 9.48. The fourth-order valence-electron chi connectivity index (χ4n) is 3.06. The molecule has 0 bridgehead atoms. The van der Waals surface area contributed by atoms with Gasteiger partial charge >= 0.3 is 0 Å². The number of hydrogen-bond acceptors (Lipinski definition) is 6. The van der Waals surface area contributed by atoms with E-state index in [4.69, 9.17) is 4.42 Å². The lowest BCUT2D eigenvalue weighted by molar-refractivity contribution is -0.120. The zero-order valence-electron chi connectivity index (χ0n) is 16.4. The van der Waals surface area contributed by atoms with Crippen LogP contribution in [0, 0.1) is 5.92 Å². The van der Waals surface area contributed by atoms with Crippen LogP contribution in [0.5, 0.6) is 0 Å². The van der Waals surface area contributed by atoms with Gasteiger partial charge in [-0.15, -0.1) is 10.2 Å². The number of carbonyl (C=O) groups is 1. The average molecular weight is 392 g/mol. The molecule has 3 heterocycles. The van der Waals surface area contributed by atoms with Gasteiger partial charge in [-0.05, 0) is 44.2 Å². The number of amides is 1. The number of hydrogen-bond donors (Lipinski definition) is 1. The molecular weight excluding hydrogens is 362 g/mol. The number of rotatable bonds is 9. The lowest BCUT2D eigenvalue weighted by Gasteiger charge is -2.18. The van der Waals surface area contributed by atoms with E-state index in [1.54, 1.807) is 6.26 Å². The minimum absolute atomic E-state index is 0.0379. The zero-order chi connectivity index (χ0) is 19.2. The summed E-state index contributed by atoms with van der Waals surface area (Å²) >= 11 is 1.45. The normalized spacial score (nSPS) is 15.5. The smallest absolute Gasteiger partial charge is 0.233 e. The maximum atomic E-state index is 12.4. The molecule has 1 fully saturated rings. The molecule has 0 aromatic carbocycles. The van der Waals surface area contributed by atoms with Gasteiger partial charge in [-0.3, -0.25) is 9.36 Å². The molecule has 1 amide bonds. The maximum Gasteiger partial charge on any atom is 0.233 e. The Morgan fingerprint density at radius 3 is 2.74 bits per heavy atom. The Morgan fingerprint density at radius 2 is 2.07 bits per heavy atom. The number of nitrogens with zero attached hydrogens (tertiary/aromatic N) is 4. The molecule has 8 heteroatoms. The van der Waals surface area contributed by atoms with Crippen LogP contribution in [-0.2, 0) is 11.3 Å². The van der Waals surface area contributed by atoms with E-state index in [1.165, 1.54) is 24.6 Å². The molecule has 1 aliphatic rings. The average Bonchev–Trinajstić information content (AvgIpc) is 3.37. The Morgan fingerprint density at radius 1 is 1.30 bits per heavy atom. The third-order valence-electron chi connectivity index (χ3n) is 4.65. The molecule has 0 radical (unpaired) electrons. The number of thioether (sulfide) groups is 1. The van der Waals surface area contributed by atoms with Crippen LogP contribution in [0.1, 0.15) is 45.8 Å². The molecule has 0 saturated carbocycles. The van der Waals surface area contributed by atoms with Crippen LogP contribution < -0.4 is 10.2 Å². The number of furan rings is 1. The van der Waals surface area contributed by atoms with Crippen LogP contribution in [0.4, 0.5) is 5.95 Å². The molecule has 2 aromatic rings. The largest absolute Gasteiger partial charge is 0.467 e. The molecule has 2 aromatic heterocycles. The summed E-state index contributed by atoms with van der Waals surface area (Å²) in [4.78, 5) is 14.7. The molecule has 0 spiro atoms. The number of nitrogens with one attached hydrogen (secondary N) is 1. The van der Waals surface area contributed by atoms with Crippen molar-refractivity contribution in [3.63, 3.8) is 0 Å². The Labute approximate surface area is 164 Å². The van der Waals surface area contributed by atoms with Crippen molar-refractivity contribution in [2.24, 2.45) is 5.92 Å². The molecule has 148 valence electrons. The Balaban J connectivity index is 1.71. The molecule has 1 saturated heterocycles. The van der Waals surface area contributed by atoms with E-state index in [-0.39, 0.29) is 11.2 Å². The summed E-state index contributed by atoms with van der Waals surface area (Å²) in [5.74, 6) is 2.33. The summed E-state index contributed by atoms with van der Waals surface area (Å²) in [5, 5.41) is 12.3. The molecule has 1 N–H and O–H groups in total. The van der Waals surface area contributed by atoms with E-state index in [2.05, 4.69) is 38.8 Å². The first-order chi connectivity index (χ1) is 13.0. The van der Waals surface area contributed by atoms with Crippen molar-refractivity contribution in [2.45, 2.75) is 57.0 Å². The van der Waals surface area contributed by atoms with Gasteiger partial charge in [-0.2, -0.15) is 0 Å². The van der Waals surface area contributed by atoms with Crippen LogP contribution in [-0.4, -0.2) is 45.6 Å². The van der Waals surface area contributed by atoms with Crippen molar-refractivity contribution in [3.05, 3.63) is 24.2 Å². The first kappa shape index (κ1) is 19.8. The van der Waals surface area contributed by atoms with E-state index in [9.17, 15) is 4.79 Å². The monoisotopic (exact) mass is 391 g/mol. The fraction of sp³-hybridized carbons (Fsp3) is 0.632. The summed E-state index contributed by atoms with van der Waals surface area (Å²) in [6, 6.07) is 3.83. The lowest BCUT2D eigenvalue weighted by Crippen LogP contribution is -2.32. The van der Waals surface area contributed by atoms with Gasteiger partial charge < -0.3 is 14.6 Å². The van der Waals surface area contributed by atoms with Gasteiger partial charge in [0.1, 0.15) is 5.76 Å². The summed E-state index contributed by atoms with van der Waals surface area (Å²) in [7, 11) is 0. The van der Waals surface area contributed by atoms with Gasteiger partial charge in [0, 0.05) is 19.6 Å². The molecule has 1 aliphatic heterocycles. The molecule has 0 aliphatic carbocycles. The van der Waals surface area contributed by atoms with Gasteiger partial charge in [-0.25, -0.2) is 0 Å². The quantitative estimate of drug-likeness (QED) is 0.662. The Bertz CT molecular complexity index is 723. The summed E-state index contributed by atoms with van der Waals surface area (Å²) in [6.07, 6.45) is 5.00. The molecule has 3 rings (SSSR count). The highest BCUT2D eigenvalue weighted by molar-refractivity contribution is 8.00. The van der Waals surface area contributed by atoms with E-state index >= 15 is 0 Å². The standard InChI is InChI=1S/C19H29N5O2S/c1-14(2)8-9-20-17(25)15(3)27-19-22-21-18(23-10-4-5-11-23)24(19)13-16-7-6-12-26-16/h6-7,12,14-15H,4-5,8-11,13H2,1-3H3,(H,20,25). The van der Waals surface area contributed by atoms with Crippen LogP contribution in [0.15, 0.2) is 28.0 Å². The first-order valence-electron chi connectivity index (χ1n) is 9.69. The second-order valence-corrected chi connectivity index (χ2v) is 8.68. The van der Waals surface area contributed by atoms with Gasteiger partial charge in [0.25, 0.3) is 0 Å². The van der Waals surface area contributed by atoms with Gasteiger partial charge in [-0.1, -0.05) is 25.6 Å². The van der Waals surface area contributed by atoms with Crippen molar-refractivity contribution in [3.8, 4) is 0 Å². The van der Waals surface area contributed by atoms with E-state index in [1.807, 2.05) is 19.1 Å². The summed E-state index contributed by atoms with van der Waals surface area (Å²) in [5.41, 5.74) is 0. The number of aromatic nitrogens is 3. The second kappa shape index (κ2) is 9.30. The van der Waals surface area contributed by atoms with Crippen LogP contribution in [0.2, 0.25) is 0 Å². The van der Waals surface area contributed by atoms with E-state index in [0.29, 0.717) is 19.0 Å². The lowest BCUT2D eigenvalue weighted by atomic mass is 10.1. The SMILES string of the molecule is CC(C)CCNC(=O)C(C)Sc1nnc(N2CCCC2)n1Cc1ccco1.